The number of nitrogen functional groups attached to an aromatic ring is 1. The summed E-state index contributed by atoms with van der Waals surface area (Å²) in [6, 6.07) is 11.5. The van der Waals surface area contributed by atoms with Crippen LogP contribution < -0.4 is 15.8 Å². The average Bonchev–Trinajstić information content (AvgIpc) is 2.73. The van der Waals surface area contributed by atoms with Crippen LogP contribution in [0.2, 0.25) is 0 Å². The molecule has 2 aromatic carbocycles. The molecule has 1 heterocycles. The summed E-state index contributed by atoms with van der Waals surface area (Å²) in [6.45, 7) is 0. The van der Waals surface area contributed by atoms with Crippen LogP contribution >= 0.6 is 0 Å². The molecule has 0 aliphatic carbocycles. The zero-order valence-corrected chi connectivity index (χ0v) is 16.4. The van der Waals surface area contributed by atoms with Gasteiger partial charge in [0.05, 0.1) is 27.4 Å². The lowest BCUT2D eigenvalue weighted by Gasteiger charge is -2.14. The number of aromatic nitrogens is 1. The zero-order valence-electron chi connectivity index (χ0n) is 15.6. The van der Waals surface area contributed by atoms with E-state index in [1.165, 1.54) is 37.6 Å². The van der Waals surface area contributed by atoms with E-state index in [2.05, 4.69) is 10.3 Å². The van der Waals surface area contributed by atoms with Gasteiger partial charge < -0.3 is 15.8 Å². The molecule has 10 nitrogen and oxygen atoms in total. The Labute approximate surface area is 171 Å². The number of nitro benzene ring substituents is 1. The summed E-state index contributed by atoms with van der Waals surface area (Å²) in [6.07, 6.45) is 1.47. The van der Waals surface area contributed by atoms with Gasteiger partial charge in [-0.05, 0) is 36.4 Å². The van der Waals surface area contributed by atoms with Gasteiger partial charge in [0.25, 0.3) is 11.6 Å². The molecule has 0 unspecified atom stereocenters. The molecule has 0 aliphatic heterocycles. The van der Waals surface area contributed by atoms with E-state index >= 15 is 0 Å². The number of benzene rings is 2. The highest BCUT2D eigenvalue weighted by atomic mass is 32.2. The third-order valence-corrected chi connectivity index (χ3v) is 5.96. The molecule has 1 amide bonds. The number of anilines is 2. The Hall–Kier alpha value is -3.99. The Morgan fingerprint density at radius 1 is 1.13 bits per heavy atom. The molecule has 0 saturated carbocycles. The predicted molar refractivity (Wildman–Crippen MR) is 108 cm³/mol. The van der Waals surface area contributed by atoms with Crippen LogP contribution in [0.5, 0.6) is 5.88 Å². The number of hydrogen-bond acceptors (Lipinski definition) is 8. The molecule has 0 radical (unpaired) electrons. The minimum Gasteiger partial charge on any atom is -0.480 e. The van der Waals surface area contributed by atoms with Crippen molar-refractivity contribution in [1.29, 1.82) is 0 Å². The first-order valence-corrected chi connectivity index (χ1v) is 9.92. The standard InChI is InChI=1S/C19H16N4O6S/c1-29-19-15(5-3-11-21-19)22-18(24)17-14(20)4-2-6-16(17)30(27,28)13-9-7-12(8-10-13)23(25)26/h2-11H,20H2,1H3,(H,22,24). The number of rotatable bonds is 6. The number of non-ortho nitro benzene ring substituents is 1. The number of nitrogens with one attached hydrogen (secondary N) is 1. The Morgan fingerprint density at radius 3 is 2.47 bits per heavy atom. The summed E-state index contributed by atoms with van der Waals surface area (Å²) in [5.74, 6) is -0.639. The maximum absolute atomic E-state index is 13.1. The quantitative estimate of drug-likeness (QED) is 0.345. The second-order valence-corrected chi connectivity index (χ2v) is 7.91. The van der Waals surface area contributed by atoms with E-state index in [0.29, 0.717) is 0 Å². The molecule has 3 N–H and O–H groups in total. The van der Waals surface area contributed by atoms with Crippen LogP contribution in [0.3, 0.4) is 0 Å². The molecule has 3 rings (SSSR count). The van der Waals surface area contributed by atoms with Crippen molar-refractivity contribution in [3.8, 4) is 5.88 Å². The smallest absolute Gasteiger partial charge is 0.269 e. The van der Waals surface area contributed by atoms with Crippen LogP contribution in [0.1, 0.15) is 10.4 Å². The van der Waals surface area contributed by atoms with E-state index in [1.54, 1.807) is 6.07 Å². The molecule has 30 heavy (non-hydrogen) atoms. The highest BCUT2D eigenvalue weighted by molar-refractivity contribution is 7.91. The van der Waals surface area contributed by atoms with Gasteiger partial charge in [0, 0.05) is 24.0 Å². The summed E-state index contributed by atoms with van der Waals surface area (Å²) in [5.41, 5.74) is 5.57. The second-order valence-electron chi connectivity index (χ2n) is 5.99. The molecule has 0 spiro atoms. The van der Waals surface area contributed by atoms with E-state index in [9.17, 15) is 23.3 Å². The van der Waals surface area contributed by atoms with E-state index in [4.69, 9.17) is 10.5 Å². The van der Waals surface area contributed by atoms with E-state index in [0.717, 1.165) is 24.3 Å². The van der Waals surface area contributed by atoms with Crippen LogP contribution in [-0.2, 0) is 9.84 Å². The van der Waals surface area contributed by atoms with Gasteiger partial charge in [-0.15, -0.1) is 0 Å². The topological polar surface area (TPSA) is 155 Å². The first kappa shape index (κ1) is 20.7. The van der Waals surface area contributed by atoms with Crippen LogP contribution in [0.25, 0.3) is 0 Å². The van der Waals surface area contributed by atoms with Gasteiger partial charge in [-0.3, -0.25) is 14.9 Å². The number of amides is 1. The average molecular weight is 428 g/mol. The number of methoxy groups -OCH3 is 1. The monoisotopic (exact) mass is 428 g/mol. The molecule has 3 aromatic rings. The molecule has 1 aromatic heterocycles. The number of sulfone groups is 1. The summed E-state index contributed by atoms with van der Waals surface area (Å²) in [4.78, 5) is 26.5. The minimum atomic E-state index is -4.20. The third-order valence-electron chi connectivity index (χ3n) is 4.15. The molecule has 0 saturated heterocycles. The largest absolute Gasteiger partial charge is 0.480 e. The fraction of sp³-hybridized carbons (Fsp3) is 0.0526. The minimum absolute atomic E-state index is 0.0571. The highest BCUT2D eigenvalue weighted by Crippen LogP contribution is 2.30. The van der Waals surface area contributed by atoms with Crippen molar-refractivity contribution in [2.45, 2.75) is 9.79 Å². The number of ether oxygens (including phenoxy) is 1. The molecule has 0 bridgehead atoms. The Morgan fingerprint density at radius 2 is 1.83 bits per heavy atom. The van der Waals surface area contributed by atoms with Gasteiger partial charge in [0.2, 0.25) is 15.7 Å². The molecule has 154 valence electrons. The van der Waals surface area contributed by atoms with Gasteiger partial charge >= 0.3 is 0 Å². The predicted octanol–water partition coefficient (Wildman–Crippen LogP) is 2.67. The summed E-state index contributed by atoms with van der Waals surface area (Å²) in [7, 11) is -2.82. The maximum Gasteiger partial charge on any atom is 0.269 e. The summed E-state index contributed by atoms with van der Waals surface area (Å²) in [5, 5.41) is 13.4. The highest BCUT2D eigenvalue weighted by Gasteiger charge is 2.27. The fourth-order valence-corrected chi connectivity index (χ4v) is 4.21. The Kier molecular flexibility index (Phi) is 5.65. The van der Waals surface area contributed by atoms with Gasteiger partial charge in [-0.2, -0.15) is 0 Å². The lowest BCUT2D eigenvalue weighted by atomic mass is 10.1. The van der Waals surface area contributed by atoms with Gasteiger partial charge in [0.15, 0.2) is 0 Å². The van der Waals surface area contributed by atoms with Crippen molar-refractivity contribution in [3.63, 3.8) is 0 Å². The molecule has 0 aliphatic rings. The first-order valence-electron chi connectivity index (χ1n) is 8.44. The summed E-state index contributed by atoms with van der Waals surface area (Å²) < 4.78 is 31.3. The van der Waals surface area contributed by atoms with E-state index in [-0.39, 0.29) is 38.3 Å². The molecule has 0 atom stereocenters. The van der Waals surface area contributed by atoms with Crippen molar-refractivity contribution >= 4 is 32.8 Å². The molecule has 11 heteroatoms. The van der Waals surface area contributed by atoms with Crippen LogP contribution in [0.4, 0.5) is 17.1 Å². The van der Waals surface area contributed by atoms with Crippen molar-refractivity contribution in [2.24, 2.45) is 0 Å². The molecule has 0 fully saturated rings. The SMILES string of the molecule is COc1ncccc1NC(=O)c1c(N)cccc1S(=O)(=O)c1ccc([N+](=O)[O-])cc1. The fourth-order valence-electron chi connectivity index (χ4n) is 2.72. The van der Waals surface area contributed by atoms with Gasteiger partial charge in [0.1, 0.15) is 5.69 Å². The Balaban J connectivity index is 2.06. The van der Waals surface area contributed by atoms with Crippen molar-refractivity contribution < 1.29 is 22.9 Å². The number of nitrogens with two attached hydrogens (primary N) is 1. The second kappa shape index (κ2) is 8.17. The lowest BCUT2D eigenvalue weighted by molar-refractivity contribution is -0.384. The zero-order chi connectivity index (χ0) is 21.9. The van der Waals surface area contributed by atoms with Gasteiger partial charge in [-0.25, -0.2) is 13.4 Å². The molecular formula is C19H16N4O6S. The number of carbonyl (C=O) groups excluding carboxylic acids is 1. The Bertz CT molecular complexity index is 1230. The number of carbonyl (C=O) groups is 1. The van der Waals surface area contributed by atoms with Crippen LogP contribution in [0.15, 0.2) is 70.6 Å². The van der Waals surface area contributed by atoms with Crippen LogP contribution in [-0.4, -0.2) is 31.3 Å². The summed E-state index contributed by atoms with van der Waals surface area (Å²) >= 11 is 0. The number of nitro groups is 1. The first-order chi connectivity index (χ1) is 14.3. The maximum atomic E-state index is 13.1. The molecular weight excluding hydrogens is 412 g/mol. The lowest BCUT2D eigenvalue weighted by Crippen LogP contribution is -2.19. The number of pyridine rings is 1. The van der Waals surface area contributed by atoms with Gasteiger partial charge in [-0.1, -0.05) is 6.07 Å². The number of nitrogens with zero attached hydrogens (tertiary/aromatic N) is 2. The third kappa shape index (κ3) is 3.91. The van der Waals surface area contributed by atoms with E-state index < -0.39 is 20.7 Å². The van der Waals surface area contributed by atoms with Crippen LogP contribution in [0, 0.1) is 10.1 Å². The number of hydrogen-bond donors (Lipinski definition) is 2. The normalized spacial score (nSPS) is 11.0. The van der Waals surface area contributed by atoms with E-state index in [1.807, 2.05) is 0 Å². The van der Waals surface area contributed by atoms with Crippen molar-refractivity contribution in [2.75, 3.05) is 18.2 Å². The van der Waals surface area contributed by atoms with Crippen molar-refractivity contribution in [1.82, 2.24) is 4.98 Å². The van der Waals surface area contributed by atoms with Crippen molar-refractivity contribution in [3.05, 3.63) is 76.5 Å².